The Kier molecular flexibility index (Phi) is 7.47. The molecule has 1 fully saturated rings. The van der Waals surface area contributed by atoms with Gasteiger partial charge in [0.2, 0.25) is 0 Å². The molecule has 2 unspecified atom stereocenters. The highest BCUT2D eigenvalue weighted by atomic mass is 32.2. The van der Waals surface area contributed by atoms with E-state index >= 15 is 0 Å². The summed E-state index contributed by atoms with van der Waals surface area (Å²) in [6.45, 7) is 4.76. The number of hydrogen-bond donors (Lipinski definition) is 2. The molecule has 1 saturated heterocycles. The van der Waals surface area contributed by atoms with Gasteiger partial charge < -0.3 is 14.4 Å². The molecule has 1 aliphatic heterocycles. The van der Waals surface area contributed by atoms with E-state index in [1.165, 1.54) is 6.07 Å². The maximum atomic E-state index is 14.6. The van der Waals surface area contributed by atoms with Crippen LogP contribution in [-0.4, -0.2) is 39.8 Å². The highest BCUT2D eigenvalue weighted by molar-refractivity contribution is 7.88. The van der Waals surface area contributed by atoms with Gasteiger partial charge in [0.25, 0.3) is 0 Å². The molecule has 10 heteroatoms. The standard InChI is InChI=1S/C21H26FN3O5S/c1-15-12-25(13-16(2)30-15)20-9-8-18(10-19(20)22)11-23-31(27,28)24-21(26)29-14-17-6-4-3-5-7-17/h3-10,15-16,23H,11-14H2,1-2H3,(H,24,26). The van der Waals surface area contributed by atoms with Crippen molar-refractivity contribution in [3.05, 3.63) is 65.5 Å². The molecule has 0 radical (unpaired) electrons. The first-order chi connectivity index (χ1) is 14.7. The van der Waals surface area contributed by atoms with Gasteiger partial charge >= 0.3 is 16.3 Å². The van der Waals surface area contributed by atoms with E-state index in [1.807, 2.05) is 24.8 Å². The quantitative estimate of drug-likeness (QED) is 0.672. The largest absolute Gasteiger partial charge is 0.444 e. The average Bonchev–Trinajstić information content (AvgIpc) is 2.70. The number of nitrogens with zero attached hydrogens (tertiary/aromatic N) is 1. The molecule has 0 bridgehead atoms. The Hall–Kier alpha value is -2.69. The molecular weight excluding hydrogens is 425 g/mol. The van der Waals surface area contributed by atoms with Crippen LogP contribution < -0.4 is 14.3 Å². The van der Waals surface area contributed by atoms with E-state index in [9.17, 15) is 17.6 Å². The molecule has 0 aromatic heterocycles. The van der Waals surface area contributed by atoms with E-state index in [-0.39, 0.29) is 25.4 Å². The first kappa shape index (κ1) is 23.0. The summed E-state index contributed by atoms with van der Waals surface area (Å²) in [5, 5.41) is 0. The Morgan fingerprint density at radius 1 is 1.13 bits per heavy atom. The van der Waals surface area contributed by atoms with Crippen molar-refractivity contribution < 1.29 is 27.1 Å². The number of rotatable bonds is 7. The van der Waals surface area contributed by atoms with Crippen molar-refractivity contribution in [3.63, 3.8) is 0 Å². The second-order valence-corrected chi connectivity index (χ2v) is 8.94. The van der Waals surface area contributed by atoms with Gasteiger partial charge in [-0.25, -0.2) is 13.9 Å². The maximum Gasteiger partial charge on any atom is 0.422 e. The van der Waals surface area contributed by atoms with E-state index in [4.69, 9.17) is 9.47 Å². The van der Waals surface area contributed by atoms with Crippen molar-refractivity contribution in [2.24, 2.45) is 0 Å². The van der Waals surface area contributed by atoms with E-state index in [2.05, 4.69) is 4.72 Å². The smallest absolute Gasteiger partial charge is 0.422 e. The van der Waals surface area contributed by atoms with Crippen molar-refractivity contribution in [2.45, 2.75) is 39.2 Å². The van der Waals surface area contributed by atoms with Crippen molar-refractivity contribution in [3.8, 4) is 0 Å². The third-order valence-electron chi connectivity index (χ3n) is 4.67. The zero-order chi connectivity index (χ0) is 22.4. The Labute approximate surface area is 181 Å². The number of halogens is 1. The summed E-state index contributed by atoms with van der Waals surface area (Å²) in [5.41, 5.74) is 1.58. The third kappa shape index (κ3) is 6.91. The predicted molar refractivity (Wildman–Crippen MR) is 114 cm³/mol. The van der Waals surface area contributed by atoms with Crippen LogP contribution in [-0.2, 0) is 32.8 Å². The topological polar surface area (TPSA) is 97.0 Å². The number of benzene rings is 2. The molecule has 0 saturated carbocycles. The van der Waals surface area contributed by atoms with Crippen LogP contribution in [0.2, 0.25) is 0 Å². The zero-order valence-electron chi connectivity index (χ0n) is 17.4. The first-order valence-electron chi connectivity index (χ1n) is 9.89. The zero-order valence-corrected chi connectivity index (χ0v) is 18.2. The fourth-order valence-corrected chi connectivity index (χ4v) is 4.08. The van der Waals surface area contributed by atoms with Crippen LogP contribution in [0.5, 0.6) is 0 Å². The summed E-state index contributed by atoms with van der Waals surface area (Å²) < 4.78 is 53.3. The molecule has 2 atom stereocenters. The lowest BCUT2D eigenvalue weighted by atomic mass is 10.1. The van der Waals surface area contributed by atoms with E-state index in [1.54, 1.807) is 41.1 Å². The number of amides is 1. The lowest BCUT2D eigenvalue weighted by molar-refractivity contribution is -0.00539. The summed E-state index contributed by atoms with van der Waals surface area (Å²) in [5.74, 6) is -0.451. The summed E-state index contributed by atoms with van der Waals surface area (Å²) in [7, 11) is -4.17. The Bertz CT molecular complexity index is 993. The molecule has 8 nitrogen and oxygen atoms in total. The van der Waals surface area contributed by atoms with Crippen LogP contribution in [0.1, 0.15) is 25.0 Å². The van der Waals surface area contributed by atoms with Crippen LogP contribution in [0, 0.1) is 5.82 Å². The monoisotopic (exact) mass is 451 g/mol. The molecule has 3 rings (SSSR count). The number of morpholine rings is 1. The fraction of sp³-hybridized carbons (Fsp3) is 0.381. The van der Waals surface area contributed by atoms with Gasteiger partial charge in [0.1, 0.15) is 12.4 Å². The van der Waals surface area contributed by atoms with E-state index in [0.29, 0.717) is 24.3 Å². The Balaban J connectivity index is 1.52. The number of hydrogen-bond acceptors (Lipinski definition) is 6. The number of carbonyl (C=O) groups is 1. The summed E-state index contributed by atoms with van der Waals surface area (Å²) in [4.78, 5) is 13.7. The highest BCUT2D eigenvalue weighted by Gasteiger charge is 2.24. The van der Waals surface area contributed by atoms with Gasteiger partial charge in [0.15, 0.2) is 0 Å². The van der Waals surface area contributed by atoms with E-state index in [0.717, 1.165) is 5.56 Å². The minimum Gasteiger partial charge on any atom is -0.444 e. The SMILES string of the molecule is CC1CN(c2ccc(CNS(=O)(=O)NC(=O)OCc3ccccc3)cc2F)CC(C)O1. The fourth-order valence-electron chi connectivity index (χ4n) is 3.37. The Morgan fingerprint density at radius 3 is 2.45 bits per heavy atom. The van der Waals surface area contributed by atoms with E-state index < -0.39 is 22.1 Å². The van der Waals surface area contributed by atoms with Crippen molar-refractivity contribution in [2.75, 3.05) is 18.0 Å². The number of carbonyl (C=O) groups excluding carboxylic acids is 1. The van der Waals surface area contributed by atoms with Gasteiger partial charge in [-0.05, 0) is 37.1 Å². The molecular formula is C21H26FN3O5S. The summed E-state index contributed by atoms with van der Waals surface area (Å²) in [6.07, 6.45) is -1.13. The van der Waals surface area contributed by atoms with Crippen LogP contribution in [0.4, 0.5) is 14.9 Å². The van der Waals surface area contributed by atoms with Crippen LogP contribution in [0.25, 0.3) is 0 Å². The minimum absolute atomic E-state index is 0.0117. The van der Waals surface area contributed by atoms with Gasteiger partial charge in [-0.3, -0.25) is 0 Å². The van der Waals surface area contributed by atoms with Crippen molar-refractivity contribution in [1.82, 2.24) is 9.44 Å². The Morgan fingerprint density at radius 2 is 1.81 bits per heavy atom. The van der Waals surface area contributed by atoms with Crippen LogP contribution in [0.3, 0.4) is 0 Å². The number of nitrogens with one attached hydrogen (secondary N) is 2. The summed E-state index contributed by atoms with van der Waals surface area (Å²) >= 11 is 0. The summed E-state index contributed by atoms with van der Waals surface area (Å²) in [6, 6.07) is 13.4. The van der Waals surface area contributed by atoms with Gasteiger partial charge in [-0.2, -0.15) is 13.1 Å². The minimum atomic E-state index is -4.17. The van der Waals surface area contributed by atoms with Crippen molar-refractivity contribution in [1.29, 1.82) is 0 Å². The third-order valence-corrected chi connectivity index (χ3v) is 5.63. The molecule has 1 aliphatic rings. The van der Waals surface area contributed by atoms with Crippen LogP contribution >= 0.6 is 0 Å². The number of ether oxygens (including phenoxy) is 2. The van der Waals surface area contributed by atoms with Gasteiger partial charge in [-0.15, -0.1) is 0 Å². The normalized spacial score (nSPS) is 19.1. The molecule has 31 heavy (non-hydrogen) atoms. The molecule has 168 valence electrons. The van der Waals surface area contributed by atoms with Gasteiger partial charge in [-0.1, -0.05) is 36.4 Å². The predicted octanol–water partition coefficient (Wildman–Crippen LogP) is 2.70. The second kappa shape index (κ2) is 10.1. The molecule has 0 spiro atoms. The van der Waals surface area contributed by atoms with Crippen molar-refractivity contribution >= 4 is 22.0 Å². The molecule has 2 aromatic carbocycles. The molecule has 0 aliphatic carbocycles. The highest BCUT2D eigenvalue weighted by Crippen LogP contribution is 2.24. The number of anilines is 1. The molecule has 2 N–H and O–H groups in total. The molecule has 1 amide bonds. The van der Waals surface area contributed by atoms with Crippen LogP contribution in [0.15, 0.2) is 48.5 Å². The van der Waals surface area contributed by atoms with Gasteiger partial charge in [0, 0.05) is 19.6 Å². The van der Waals surface area contributed by atoms with Gasteiger partial charge in [0.05, 0.1) is 17.9 Å². The molecule has 2 aromatic rings. The lowest BCUT2D eigenvalue weighted by Crippen LogP contribution is -2.45. The first-order valence-corrected chi connectivity index (χ1v) is 11.4. The second-order valence-electron chi connectivity index (χ2n) is 7.44. The lowest BCUT2D eigenvalue weighted by Gasteiger charge is -2.37. The average molecular weight is 452 g/mol. The molecule has 1 heterocycles. The maximum absolute atomic E-state index is 14.6.